The molecular formula is C15H22N2O4. The number of aliphatic carboxylic acids is 1. The van der Waals surface area contributed by atoms with Crippen LogP contribution in [0.25, 0.3) is 0 Å². The maximum atomic E-state index is 12.3. The second-order valence-corrected chi connectivity index (χ2v) is 5.37. The number of urea groups is 1. The maximum absolute atomic E-state index is 12.3. The third kappa shape index (κ3) is 3.65. The average Bonchev–Trinajstić information content (AvgIpc) is 2.45. The Morgan fingerprint density at radius 2 is 1.81 bits per heavy atom. The molecule has 0 aliphatic heterocycles. The SMILES string of the molecule is COc1ccccc1CN(C)C(=O)N(C)C(C)(C)C(=O)O. The summed E-state index contributed by atoms with van der Waals surface area (Å²) in [6, 6.07) is 7.03. The van der Waals surface area contributed by atoms with Crippen molar-refractivity contribution in [3.05, 3.63) is 29.8 Å². The quantitative estimate of drug-likeness (QED) is 0.902. The summed E-state index contributed by atoms with van der Waals surface area (Å²) in [5.41, 5.74) is -0.413. The summed E-state index contributed by atoms with van der Waals surface area (Å²) >= 11 is 0. The molecule has 0 aliphatic rings. The van der Waals surface area contributed by atoms with Gasteiger partial charge < -0.3 is 19.6 Å². The lowest BCUT2D eigenvalue weighted by Gasteiger charge is -2.34. The number of hydrogen-bond donors (Lipinski definition) is 1. The van der Waals surface area contributed by atoms with Gasteiger partial charge in [0.25, 0.3) is 0 Å². The molecule has 0 aliphatic carbocycles. The lowest BCUT2D eigenvalue weighted by molar-refractivity contribution is -0.147. The molecule has 1 N–H and O–H groups in total. The number of hydrogen-bond acceptors (Lipinski definition) is 3. The van der Waals surface area contributed by atoms with E-state index in [0.29, 0.717) is 12.3 Å². The first-order valence-electron chi connectivity index (χ1n) is 6.56. The monoisotopic (exact) mass is 294 g/mol. The molecule has 0 saturated carbocycles. The Bertz CT molecular complexity index is 528. The van der Waals surface area contributed by atoms with E-state index in [2.05, 4.69) is 0 Å². The Morgan fingerprint density at radius 3 is 2.33 bits per heavy atom. The molecule has 0 radical (unpaired) electrons. The molecule has 0 aromatic heterocycles. The van der Waals surface area contributed by atoms with Gasteiger partial charge >= 0.3 is 12.0 Å². The normalized spacial score (nSPS) is 10.9. The molecule has 0 spiro atoms. The van der Waals surface area contributed by atoms with Crippen molar-refractivity contribution in [2.24, 2.45) is 0 Å². The molecule has 6 nitrogen and oxygen atoms in total. The van der Waals surface area contributed by atoms with Crippen LogP contribution in [0.4, 0.5) is 4.79 Å². The van der Waals surface area contributed by atoms with Crippen LogP contribution in [-0.4, -0.2) is 53.7 Å². The number of amides is 2. The van der Waals surface area contributed by atoms with Crippen LogP contribution in [0, 0.1) is 0 Å². The minimum atomic E-state index is -1.27. The highest BCUT2D eigenvalue weighted by atomic mass is 16.5. The van der Waals surface area contributed by atoms with E-state index in [-0.39, 0.29) is 6.03 Å². The van der Waals surface area contributed by atoms with E-state index in [1.165, 1.54) is 30.7 Å². The molecule has 1 rings (SSSR count). The number of para-hydroxylation sites is 1. The van der Waals surface area contributed by atoms with Crippen LogP contribution in [0.5, 0.6) is 5.75 Å². The smallest absolute Gasteiger partial charge is 0.329 e. The number of carboxylic acid groups (broad SMARTS) is 1. The zero-order valence-corrected chi connectivity index (χ0v) is 13.1. The van der Waals surface area contributed by atoms with Crippen LogP contribution in [0.1, 0.15) is 19.4 Å². The highest BCUT2D eigenvalue weighted by Crippen LogP contribution is 2.20. The van der Waals surface area contributed by atoms with Crippen LogP contribution in [0.3, 0.4) is 0 Å². The van der Waals surface area contributed by atoms with Gasteiger partial charge in [0.2, 0.25) is 0 Å². The van der Waals surface area contributed by atoms with E-state index in [1.54, 1.807) is 14.2 Å². The summed E-state index contributed by atoms with van der Waals surface area (Å²) in [6.07, 6.45) is 0. The Balaban J connectivity index is 2.86. The predicted molar refractivity (Wildman–Crippen MR) is 79.3 cm³/mol. The number of likely N-dealkylation sites (N-methyl/N-ethyl adjacent to an activating group) is 1. The van der Waals surface area contributed by atoms with Gasteiger partial charge in [0.15, 0.2) is 0 Å². The van der Waals surface area contributed by atoms with Crippen molar-refractivity contribution in [3.63, 3.8) is 0 Å². The number of methoxy groups -OCH3 is 1. The van der Waals surface area contributed by atoms with Crippen LogP contribution >= 0.6 is 0 Å². The fourth-order valence-corrected chi connectivity index (χ4v) is 1.80. The van der Waals surface area contributed by atoms with E-state index >= 15 is 0 Å². The van der Waals surface area contributed by atoms with E-state index < -0.39 is 11.5 Å². The van der Waals surface area contributed by atoms with Crippen LogP contribution in [0.2, 0.25) is 0 Å². The molecular weight excluding hydrogens is 272 g/mol. The summed E-state index contributed by atoms with van der Waals surface area (Å²) < 4.78 is 5.25. The van der Waals surface area contributed by atoms with Crippen molar-refractivity contribution in [1.82, 2.24) is 9.80 Å². The highest BCUT2D eigenvalue weighted by molar-refractivity contribution is 5.85. The van der Waals surface area contributed by atoms with Crippen molar-refractivity contribution in [3.8, 4) is 5.75 Å². The summed E-state index contributed by atoms with van der Waals surface area (Å²) in [5.74, 6) is -0.360. The summed E-state index contributed by atoms with van der Waals surface area (Å²) in [5, 5.41) is 9.18. The zero-order chi connectivity index (χ0) is 16.2. The molecule has 2 amide bonds. The molecule has 6 heteroatoms. The summed E-state index contributed by atoms with van der Waals surface area (Å²) in [4.78, 5) is 26.2. The lowest BCUT2D eigenvalue weighted by atomic mass is 10.0. The standard InChI is InChI=1S/C15H22N2O4/c1-15(2,13(18)19)17(4)14(20)16(3)10-11-8-6-7-9-12(11)21-5/h6-9H,10H2,1-5H3,(H,18,19). The second-order valence-electron chi connectivity index (χ2n) is 5.37. The third-order valence-corrected chi connectivity index (χ3v) is 3.58. The van der Waals surface area contributed by atoms with Gasteiger partial charge in [-0.1, -0.05) is 18.2 Å². The van der Waals surface area contributed by atoms with Gasteiger partial charge in [-0.05, 0) is 19.9 Å². The molecule has 0 heterocycles. The number of ether oxygens (including phenoxy) is 1. The topological polar surface area (TPSA) is 70.1 Å². The fourth-order valence-electron chi connectivity index (χ4n) is 1.80. The average molecular weight is 294 g/mol. The summed E-state index contributed by atoms with van der Waals surface area (Å²) in [7, 11) is 4.68. The van der Waals surface area contributed by atoms with Gasteiger partial charge in [-0.25, -0.2) is 9.59 Å². The molecule has 21 heavy (non-hydrogen) atoms. The van der Waals surface area contributed by atoms with E-state index in [0.717, 1.165) is 5.56 Å². The van der Waals surface area contributed by atoms with Crippen molar-refractivity contribution in [1.29, 1.82) is 0 Å². The van der Waals surface area contributed by atoms with E-state index in [9.17, 15) is 14.7 Å². The second kappa shape index (κ2) is 6.47. The fraction of sp³-hybridized carbons (Fsp3) is 0.467. The first kappa shape index (κ1) is 16.8. The predicted octanol–water partition coefficient (Wildman–Crippen LogP) is 2.04. The Kier molecular flexibility index (Phi) is 5.18. The Morgan fingerprint density at radius 1 is 1.24 bits per heavy atom. The van der Waals surface area contributed by atoms with Crippen molar-refractivity contribution in [2.45, 2.75) is 25.9 Å². The van der Waals surface area contributed by atoms with Gasteiger partial charge in [0.05, 0.1) is 13.7 Å². The molecule has 0 atom stereocenters. The third-order valence-electron chi connectivity index (χ3n) is 3.58. The van der Waals surface area contributed by atoms with Crippen LogP contribution < -0.4 is 4.74 Å². The van der Waals surface area contributed by atoms with Crippen LogP contribution in [-0.2, 0) is 11.3 Å². The molecule has 1 aromatic carbocycles. The van der Waals surface area contributed by atoms with Gasteiger partial charge in [0, 0.05) is 19.7 Å². The van der Waals surface area contributed by atoms with Crippen LogP contribution in [0.15, 0.2) is 24.3 Å². The van der Waals surface area contributed by atoms with E-state index in [4.69, 9.17) is 4.74 Å². The minimum Gasteiger partial charge on any atom is -0.496 e. The lowest BCUT2D eigenvalue weighted by Crippen LogP contribution is -2.54. The van der Waals surface area contributed by atoms with Gasteiger partial charge in [-0.2, -0.15) is 0 Å². The van der Waals surface area contributed by atoms with Crippen molar-refractivity contribution in [2.75, 3.05) is 21.2 Å². The number of benzene rings is 1. The molecule has 0 fully saturated rings. The van der Waals surface area contributed by atoms with Crippen molar-refractivity contribution < 1.29 is 19.4 Å². The van der Waals surface area contributed by atoms with Gasteiger partial charge in [0.1, 0.15) is 11.3 Å². The van der Waals surface area contributed by atoms with Crippen molar-refractivity contribution >= 4 is 12.0 Å². The Hall–Kier alpha value is -2.24. The number of nitrogens with zero attached hydrogens (tertiary/aromatic N) is 2. The number of carbonyl (C=O) groups excluding carboxylic acids is 1. The molecule has 0 unspecified atom stereocenters. The summed E-state index contributed by atoms with van der Waals surface area (Å²) in [6.45, 7) is 3.32. The highest BCUT2D eigenvalue weighted by Gasteiger charge is 2.36. The number of rotatable bonds is 5. The van der Waals surface area contributed by atoms with Gasteiger partial charge in [-0.3, -0.25) is 0 Å². The molecule has 116 valence electrons. The maximum Gasteiger partial charge on any atom is 0.329 e. The van der Waals surface area contributed by atoms with Gasteiger partial charge in [-0.15, -0.1) is 0 Å². The largest absolute Gasteiger partial charge is 0.496 e. The first-order chi connectivity index (χ1) is 9.71. The molecule has 1 aromatic rings. The van der Waals surface area contributed by atoms with E-state index in [1.807, 2.05) is 24.3 Å². The molecule has 0 bridgehead atoms. The zero-order valence-electron chi connectivity index (χ0n) is 13.1. The molecule has 0 saturated heterocycles. The Labute approximate surface area is 124 Å². The number of carbonyl (C=O) groups is 2. The first-order valence-corrected chi connectivity index (χ1v) is 6.56. The number of carboxylic acids is 1. The minimum absolute atomic E-state index is 0.336.